The van der Waals surface area contributed by atoms with Crippen molar-refractivity contribution in [1.82, 2.24) is 5.32 Å². The second kappa shape index (κ2) is 7.82. The predicted molar refractivity (Wildman–Crippen MR) is 50.5 cm³/mol. The molecule has 0 saturated carbocycles. The maximum Gasteiger partial charge on any atom is 0.322 e. The molecule has 0 saturated heterocycles. The van der Waals surface area contributed by atoms with Crippen LogP contribution in [-0.4, -0.2) is 32.1 Å². The van der Waals surface area contributed by atoms with Gasteiger partial charge in [0.05, 0.1) is 7.11 Å². The van der Waals surface area contributed by atoms with Gasteiger partial charge in [0, 0.05) is 13.5 Å². The van der Waals surface area contributed by atoms with Crippen molar-refractivity contribution in [3.8, 4) is 0 Å². The first-order chi connectivity index (χ1) is 5.61. The van der Waals surface area contributed by atoms with Crippen molar-refractivity contribution in [1.29, 1.82) is 0 Å². The van der Waals surface area contributed by atoms with E-state index in [-0.39, 0.29) is 24.7 Å². The van der Waals surface area contributed by atoms with Crippen LogP contribution in [-0.2, 0) is 14.3 Å². The van der Waals surface area contributed by atoms with Crippen molar-refractivity contribution in [2.24, 2.45) is 5.73 Å². The van der Waals surface area contributed by atoms with E-state index in [9.17, 15) is 9.59 Å². The number of hydrogen-bond acceptors (Lipinski definition) is 4. The Morgan fingerprint density at radius 2 is 2.08 bits per heavy atom. The van der Waals surface area contributed by atoms with Gasteiger partial charge < -0.3 is 15.8 Å². The molecule has 0 heterocycles. The summed E-state index contributed by atoms with van der Waals surface area (Å²) in [4.78, 5) is 21.4. The van der Waals surface area contributed by atoms with Crippen LogP contribution in [0.3, 0.4) is 0 Å². The van der Waals surface area contributed by atoms with E-state index in [1.54, 1.807) is 0 Å². The molecule has 0 radical (unpaired) electrons. The first-order valence-electron chi connectivity index (χ1n) is 3.65. The number of rotatable bonds is 4. The summed E-state index contributed by atoms with van der Waals surface area (Å²) in [5.74, 6) is -0.617. The van der Waals surface area contributed by atoms with Crippen LogP contribution in [0, 0.1) is 0 Å². The second-order valence-electron chi connectivity index (χ2n) is 2.34. The lowest BCUT2D eigenvalue weighted by Crippen LogP contribution is -2.33. The van der Waals surface area contributed by atoms with Crippen LogP contribution in [0.15, 0.2) is 0 Å². The molecule has 1 atom stereocenters. The topological polar surface area (TPSA) is 81.4 Å². The molecule has 6 heteroatoms. The van der Waals surface area contributed by atoms with Crippen molar-refractivity contribution < 1.29 is 14.3 Å². The Kier molecular flexibility index (Phi) is 8.84. The summed E-state index contributed by atoms with van der Waals surface area (Å²) in [6.07, 6.45) is 0.555. The van der Waals surface area contributed by atoms with Crippen LogP contribution in [0.4, 0.5) is 0 Å². The van der Waals surface area contributed by atoms with E-state index in [1.165, 1.54) is 14.2 Å². The molecule has 0 aliphatic carbocycles. The van der Waals surface area contributed by atoms with Gasteiger partial charge in [-0.3, -0.25) is 9.59 Å². The van der Waals surface area contributed by atoms with Crippen molar-refractivity contribution in [2.45, 2.75) is 18.9 Å². The molecule has 5 nitrogen and oxygen atoms in total. The van der Waals surface area contributed by atoms with Crippen LogP contribution < -0.4 is 11.1 Å². The molecule has 0 spiro atoms. The minimum atomic E-state index is -0.702. The van der Waals surface area contributed by atoms with Gasteiger partial charge in [0.2, 0.25) is 5.91 Å². The van der Waals surface area contributed by atoms with Crippen LogP contribution in [0.5, 0.6) is 0 Å². The number of amides is 1. The lowest BCUT2D eigenvalue weighted by Gasteiger charge is -2.07. The number of carbonyl (C=O) groups excluding carboxylic acids is 2. The van der Waals surface area contributed by atoms with E-state index in [0.29, 0.717) is 6.42 Å². The highest BCUT2D eigenvalue weighted by molar-refractivity contribution is 5.85. The molecule has 13 heavy (non-hydrogen) atoms. The van der Waals surface area contributed by atoms with Gasteiger partial charge in [0.15, 0.2) is 0 Å². The first-order valence-corrected chi connectivity index (χ1v) is 3.65. The number of ether oxygens (including phenoxy) is 1. The van der Waals surface area contributed by atoms with Gasteiger partial charge >= 0.3 is 5.97 Å². The average Bonchev–Trinajstić information content (AvgIpc) is 2.11. The number of hydrogen-bond donors (Lipinski definition) is 2. The van der Waals surface area contributed by atoms with Gasteiger partial charge in [0.25, 0.3) is 0 Å². The standard InChI is InChI=1S/C7H14N2O3.ClH/c1-9-6(10)4-3-5(8)7(11)12-2;/h5H,3-4,8H2,1-2H3,(H,9,10);1H/t5-;/m0./s1. The molecule has 78 valence electrons. The number of carbonyl (C=O) groups is 2. The lowest BCUT2D eigenvalue weighted by atomic mass is 10.1. The quantitative estimate of drug-likeness (QED) is 0.610. The third-order valence-electron chi connectivity index (χ3n) is 1.47. The minimum absolute atomic E-state index is 0. The van der Waals surface area contributed by atoms with Crippen molar-refractivity contribution in [3.63, 3.8) is 0 Å². The van der Waals surface area contributed by atoms with Gasteiger partial charge in [0.1, 0.15) is 6.04 Å². The zero-order valence-electron chi connectivity index (χ0n) is 7.70. The molecule has 0 aliphatic rings. The Bertz CT molecular complexity index is 175. The highest BCUT2D eigenvalue weighted by Gasteiger charge is 2.14. The summed E-state index contributed by atoms with van der Waals surface area (Å²) in [6.45, 7) is 0. The smallest absolute Gasteiger partial charge is 0.322 e. The van der Waals surface area contributed by atoms with E-state index >= 15 is 0 Å². The van der Waals surface area contributed by atoms with Gasteiger partial charge in [-0.2, -0.15) is 0 Å². The molecule has 3 N–H and O–H groups in total. The fourth-order valence-electron chi connectivity index (χ4n) is 0.681. The fourth-order valence-corrected chi connectivity index (χ4v) is 0.681. The molecular weight excluding hydrogens is 196 g/mol. The molecule has 1 amide bonds. The highest BCUT2D eigenvalue weighted by atomic mass is 35.5. The molecule has 0 bridgehead atoms. The van der Waals surface area contributed by atoms with Gasteiger partial charge in [-0.1, -0.05) is 0 Å². The predicted octanol–water partition coefficient (Wildman–Crippen LogP) is -0.565. The summed E-state index contributed by atoms with van der Waals surface area (Å²) >= 11 is 0. The van der Waals surface area contributed by atoms with Gasteiger partial charge in [-0.25, -0.2) is 0 Å². The molecular formula is C7H15ClN2O3. The summed E-state index contributed by atoms with van der Waals surface area (Å²) in [6, 6.07) is -0.702. The summed E-state index contributed by atoms with van der Waals surface area (Å²) in [5, 5.41) is 2.43. The molecule has 0 aromatic heterocycles. The van der Waals surface area contributed by atoms with E-state index < -0.39 is 12.0 Å². The number of nitrogens with one attached hydrogen (secondary N) is 1. The van der Waals surface area contributed by atoms with E-state index in [0.717, 1.165) is 0 Å². The lowest BCUT2D eigenvalue weighted by molar-refractivity contribution is -0.142. The zero-order valence-corrected chi connectivity index (χ0v) is 8.52. The maximum atomic E-state index is 10.7. The normalized spacial score (nSPS) is 11.0. The Morgan fingerprint density at radius 3 is 2.46 bits per heavy atom. The van der Waals surface area contributed by atoms with Crippen LogP contribution in [0.1, 0.15) is 12.8 Å². The average molecular weight is 211 g/mol. The highest BCUT2D eigenvalue weighted by Crippen LogP contribution is 1.95. The fraction of sp³-hybridized carbons (Fsp3) is 0.714. The summed E-state index contributed by atoms with van der Waals surface area (Å²) in [7, 11) is 2.80. The maximum absolute atomic E-state index is 10.7. The van der Waals surface area contributed by atoms with Crippen molar-refractivity contribution >= 4 is 24.3 Å². The Labute approximate surface area is 83.4 Å². The van der Waals surface area contributed by atoms with E-state index in [1.807, 2.05) is 0 Å². The van der Waals surface area contributed by atoms with E-state index in [4.69, 9.17) is 5.73 Å². The molecule has 0 fully saturated rings. The van der Waals surface area contributed by atoms with Crippen LogP contribution >= 0.6 is 12.4 Å². The number of esters is 1. The third-order valence-corrected chi connectivity index (χ3v) is 1.47. The molecule has 0 unspecified atom stereocenters. The molecule has 0 rings (SSSR count). The van der Waals surface area contributed by atoms with Crippen LogP contribution in [0.2, 0.25) is 0 Å². The van der Waals surface area contributed by atoms with Crippen molar-refractivity contribution in [2.75, 3.05) is 14.2 Å². The van der Waals surface area contributed by atoms with Crippen LogP contribution in [0.25, 0.3) is 0 Å². The number of halogens is 1. The summed E-state index contributed by atoms with van der Waals surface area (Å²) in [5.41, 5.74) is 5.38. The monoisotopic (exact) mass is 210 g/mol. The Hall–Kier alpha value is -0.810. The van der Waals surface area contributed by atoms with E-state index in [2.05, 4.69) is 10.1 Å². The molecule has 0 aromatic rings. The summed E-state index contributed by atoms with van der Waals surface area (Å²) < 4.78 is 4.38. The van der Waals surface area contributed by atoms with Crippen molar-refractivity contribution in [3.05, 3.63) is 0 Å². The molecule has 0 aliphatic heterocycles. The second-order valence-corrected chi connectivity index (χ2v) is 2.34. The largest absolute Gasteiger partial charge is 0.468 e. The number of nitrogens with two attached hydrogens (primary N) is 1. The van der Waals surface area contributed by atoms with Gasteiger partial charge in [-0.15, -0.1) is 12.4 Å². The SMILES string of the molecule is CNC(=O)CC[C@H](N)C(=O)OC.Cl. The Balaban J connectivity index is 0. The van der Waals surface area contributed by atoms with Gasteiger partial charge in [-0.05, 0) is 6.42 Å². The first kappa shape index (κ1) is 14.7. The number of methoxy groups -OCH3 is 1. The minimum Gasteiger partial charge on any atom is -0.468 e. The zero-order chi connectivity index (χ0) is 9.56. The third kappa shape index (κ3) is 6.36. The molecule has 0 aromatic carbocycles. The Morgan fingerprint density at radius 1 is 1.54 bits per heavy atom.